The number of hydrogen-bond acceptors (Lipinski definition) is 3. The third-order valence-corrected chi connectivity index (χ3v) is 6.19. The first-order valence-electron chi connectivity index (χ1n) is 11.6. The molecule has 5 heteroatoms. The Hall–Kier alpha value is -3.86. The van der Waals surface area contributed by atoms with Crippen LogP contribution in [0.5, 0.6) is 5.75 Å². The zero-order valence-electron chi connectivity index (χ0n) is 19.4. The van der Waals surface area contributed by atoms with Crippen molar-refractivity contribution in [2.75, 3.05) is 12.4 Å². The Morgan fingerprint density at radius 3 is 1.85 bits per heavy atom. The van der Waals surface area contributed by atoms with Gasteiger partial charge in [0, 0.05) is 18.8 Å². The number of carbonyl (C=O) groups excluding carboxylic acids is 2. The molecule has 1 N–H and O–H groups in total. The molecular formula is C29H30N2O3. The van der Waals surface area contributed by atoms with Crippen LogP contribution in [0, 0.1) is 11.8 Å². The zero-order chi connectivity index (χ0) is 23.8. The lowest BCUT2D eigenvalue weighted by molar-refractivity contribution is -0.142. The standard InChI is InChI=1S/C29H30N2O3/c1-34-25-18-16-24(17-19-25)30-28(32)26-14-8-9-15-27(26)29(33)31(20-22-10-4-2-5-11-22)21-23-12-6-3-7-13-23/h2-13,16-19,26-27H,14-15,20-21H2,1H3,(H,30,32). The number of allylic oxidation sites excluding steroid dienone is 2. The summed E-state index contributed by atoms with van der Waals surface area (Å²) >= 11 is 0. The number of nitrogens with one attached hydrogen (secondary N) is 1. The molecule has 0 aromatic heterocycles. The van der Waals surface area contributed by atoms with Gasteiger partial charge < -0.3 is 15.0 Å². The molecule has 0 spiro atoms. The molecule has 1 aliphatic carbocycles. The second-order valence-corrected chi connectivity index (χ2v) is 8.54. The fourth-order valence-electron chi connectivity index (χ4n) is 4.34. The van der Waals surface area contributed by atoms with Crippen LogP contribution >= 0.6 is 0 Å². The molecule has 0 radical (unpaired) electrons. The van der Waals surface area contributed by atoms with Crippen molar-refractivity contribution in [1.82, 2.24) is 4.90 Å². The van der Waals surface area contributed by atoms with Gasteiger partial charge in [0.25, 0.3) is 0 Å². The van der Waals surface area contributed by atoms with Crippen molar-refractivity contribution in [3.05, 3.63) is 108 Å². The number of methoxy groups -OCH3 is 1. The maximum atomic E-state index is 13.9. The molecular weight excluding hydrogens is 424 g/mol. The van der Waals surface area contributed by atoms with Gasteiger partial charge in [-0.25, -0.2) is 0 Å². The molecule has 174 valence electrons. The van der Waals surface area contributed by atoms with E-state index in [2.05, 4.69) is 5.32 Å². The topological polar surface area (TPSA) is 58.6 Å². The normalized spacial score (nSPS) is 17.1. The van der Waals surface area contributed by atoms with Gasteiger partial charge in [0.2, 0.25) is 11.8 Å². The SMILES string of the molecule is COc1ccc(NC(=O)C2CC=CCC2C(=O)N(Cc2ccccc2)Cc2ccccc2)cc1. The van der Waals surface area contributed by atoms with E-state index in [-0.39, 0.29) is 11.8 Å². The number of amides is 2. The minimum absolute atomic E-state index is 0.00642. The van der Waals surface area contributed by atoms with Gasteiger partial charge in [0.1, 0.15) is 5.75 Å². The van der Waals surface area contributed by atoms with Gasteiger partial charge in [-0.2, -0.15) is 0 Å². The van der Waals surface area contributed by atoms with Gasteiger partial charge in [-0.15, -0.1) is 0 Å². The van der Waals surface area contributed by atoms with Crippen LogP contribution in [0.15, 0.2) is 97.1 Å². The predicted octanol–water partition coefficient (Wildman–Crippen LogP) is 5.45. The molecule has 2 atom stereocenters. The van der Waals surface area contributed by atoms with Crippen molar-refractivity contribution in [2.45, 2.75) is 25.9 Å². The lowest BCUT2D eigenvalue weighted by Gasteiger charge is -2.32. The molecule has 0 aliphatic heterocycles. The van der Waals surface area contributed by atoms with Crippen molar-refractivity contribution in [2.24, 2.45) is 11.8 Å². The van der Waals surface area contributed by atoms with Crippen molar-refractivity contribution in [3.63, 3.8) is 0 Å². The van der Waals surface area contributed by atoms with Crippen molar-refractivity contribution < 1.29 is 14.3 Å². The Balaban J connectivity index is 1.53. The summed E-state index contributed by atoms with van der Waals surface area (Å²) in [4.78, 5) is 29.0. The van der Waals surface area contributed by atoms with Crippen molar-refractivity contribution in [1.29, 1.82) is 0 Å². The highest BCUT2D eigenvalue weighted by Gasteiger charge is 2.36. The number of benzene rings is 3. The fourth-order valence-corrected chi connectivity index (χ4v) is 4.34. The lowest BCUT2D eigenvalue weighted by atomic mass is 9.81. The maximum Gasteiger partial charge on any atom is 0.228 e. The Morgan fingerprint density at radius 2 is 1.32 bits per heavy atom. The first-order chi connectivity index (χ1) is 16.6. The summed E-state index contributed by atoms with van der Waals surface area (Å²) in [6.07, 6.45) is 5.12. The minimum atomic E-state index is -0.423. The van der Waals surface area contributed by atoms with E-state index in [1.54, 1.807) is 19.2 Å². The molecule has 0 bridgehead atoms. The Labute approximate surface area is 201 Å². The monoisotopic (exact) mass is 454 g/mol. The number of nitrogens with zero attached hydrogens (tertiary/aromatic N) is 1. The van der Waals surface area contributed by atoms with Crippen LogP contribution in [0.2, 0.25) is 0 Å². The molecule has 3 aromatic rings. The van der Waals surface area contributed by atoms with Crippen LogP contribution in [-0.4, -0.2) is 23.8 Å². The number of carbonyl (C=O) groups is 2. The summed E-state index contributed by atoms with van der Waals surface area (Å²) in [7, 11) is 1.61. The largest absolute Gasteiger partial charge is 0.497 e. The van der Waals surface area contributed by atoms with Gasteiger partial charge in [-0.3, -0.25) is 9.59 Å². The summed E-state index contributed by atoms with van der Waals surface area (Å²) in [5.74, 6) is -0.229. The summed E-state index contributed by atoms with van der Waals surface area (Å²) in [6.45, 7) is 1.00. The summed E-state index contributed by atoms with van der Waals surface area (Å²) in [6, 6.07) is 27.2. The third-order valence-electron chi connectivity index (χ3n) is 6.19. The molecule has 0 heterocycles. The predicted molar refractivity (Wildman–Crippen MR) is 134 cm³/mol. The molecule has 5 nitrogen and oxygen atoms in total. The summed E-state index contributed by atoms with van der Waals surface area (Å²) < 4.78 is 5.19. The quantitative estimate of drug-likeness (QED) is 0.461. The maximum absolute atomic E-state index is 13.9. The molecule has 4 rings (SSSR count). The number of hydrogen-bond donors (Lipinski definition) is 1. The van der Waals surface area contributed by atoms with Crippen LogP contribution < -0.4 is 10.1 Å². The van der Waals surface area contributed by atoms with E-state index in [0.717, 1.165) is 16.9 Å². The van der Waals surface area contributed by atoms with Crippen LogP contribution in [0.25, 0.3) is 0 Å². The van der Waals surface area contributed by atoms with Crippen LogP contribution in [0.4, 0.5) is 5.69 Å². The molecule has 0 saturated carbocycles. The highest BCUT2D eigenvalue weighted by molar-refractivity contribution is 5.96. The second kappa shape index (κ2) is 11.3. The van der Waals surface area contributed by atoms with Crippen molar-refractivity contribution >= 4 is 17.5 Å². The van der Waals surface area contributed by atoms with E-state index in [9.17, 15) is 9.59 Å². The molecule has 0 fully saturated rings. The average Bonchev–Trinajstić information content (AvgIpc) is 2.89. The third kappa shape index (κ3) is 5.93. The minimum Gasteiger partial charge on any atom is -0.497 e. The van der Waals surface area contributed by atoms with E-state index in [0.29, 0.717) is 31.6 Å². The number of rotatable bonds is 8. The van der Waals surface area contributed by atoms with E-state index in [4.69, 9.17) is 4.74 Å². The van der Waals surface area contributed by atoms with Crippen LogP contribution in [0.3, 0.4) is 0 Å². The Kier molecular flexibility index (Phi) is 7.76. The van der Waals surface area contributed by atoms with Crippen LogP contribution in [0.1, 0.15) is 24.0 Å². The molecule has 0 saturated heterocycles. The van der Waals surface area contributed by atoms with Gasteiger partial charge in [-0.05, 0) is 48.2 Å². The van der Waals surface area contributed by atoms with E-state index in [1.807, 2.05) is 89.8 Å². The molecule has 34 heavy (non-hydrogen) atoms. The van der Waals surface area contributed by atoms with Crippen LogP contribution in [-0.2, 0) is 22.7 Å². The van der Waals surface area contributed by atoms with Gasteiger partial charge >= 0.3 is 0 Å². The van der Waals surface area contributed by atoms with E-state index >= 15 is 0 Å². The number of anilines is 1. The van der Waals surface area contributed by atoms with Crippen molar-refractivity contribution in [3.8, 4) is 5.75 Å². The molecule has 2 unspecified atom stereocenters. The average molecular weight is 455 g/mol. The first kappa shape index (κ1) is 23.3. The lowest BCUT2D eigenvalue weighted by Crippen LogP contribution is -2.42. The number of ether oxygens (including phenoxy) is 1. The highest BCUT2D eigenvalue weighted by atomic mass is 16.5. The van der Waals surface area contributed by atoms with E-state index < -0.39 is 11.8 Å². The smallest absolute Gasteiger partial charge is 0.228 e. The summed E-state index contributed by atoms with van der Waals surface area (Å²) in [5, 5.41) is 2.99. The zero-order valence-corrected chi connectivity index (χ0v) is 19.4. The van der Waals surface area contributed by atoms with E-state index in [1.165, 1.54) is 0 Å². The first-order valence-corrected chi connectivity index (χ1v) is 11.6. The summed E-state index contributed by atoms with van der Waals surface area (Å²) in [5.41, 5.74) is 2.83. The molecule has 2 amide bonds. The van der Waals surface area contributed by atoms with Gasteiger partial charge in [-0.1, -0.05) is 72.8 Å². The second-order valence-electron chi connectivity index (χ2n) is 8.54. The Bertz CT molecular complexity index is 1070. The highest BCUT2D eigenvalue weighted by Crippen LogP contribution is 2.30. The molecule has 3 aromatic carbocycles. The molecule has 1 aliphatic rings. The fraction of sp³-hybridized carbons (Fsp3) is 0.241. The van der Waals surface area contributed by atoms with Gasteiger partial charge in [0.05, 0.1) is 18.9 Å². The van der Waals surface area contributed by atoms with Gasteiger partial charge in [0.15, 0.2) is 0 Å². The Morgan fingerprint density at radius 1 is 0.794 bits per heavy atom.